The summed E-state index contributed by atoms with van der Waals surface area (Å²) in [6.45, 7) is 1.09. The van der Waals surface area contributed by atoms with E-state index in [1.54, 1.807) is 6.92 Å². The van der Waals surface area contributed by atoms with E-state index in [-0.39, 0.29) is 23.1 Å². The molecule has 130 valence electrons. The predicted octanol–water partition coefficient (Wildman–Crippen LogP) is 0.448. The van der Waals surface area contributed by atoms with E-state index in [0.717, 1.165) is 6.07 Å². The first kappa shape index (κ1) is 16.8. The van der Waals surface area contributed by atoms with Gasteiger partial charge in [-0.25, -0.2) is 9.18 Å². The standard InChI is InChI=1S/C16H17FO7/c1-7-2-13(20)23-11-4-8(3-9(17)15(7)11)22-14-5-10(19)16(21)12(6-18)24-14/h2-4,10,12,14,16,18-19,21H,5-6H2,1H3/t10?,12?,14-,16-/m0/s1. The second-order valence-electron chi connectivity index (χ2n) is 5.72. The van der Waals surface area contributed by atoms with Gasteiger partial charge in [0.15, 0.2) is 0 Å². The SMILES string of the molecule is Cc1cc(=O)oc2cc(O[C@@H]3CC(O)[C@H](O)C(CO)O3)cc(F)c12. The normalized spacial score (nSPS) is 27.4. The summed E-state index contributed by atoms with van der Waals surface area (Å²) in [5.74, 6) is -0.585. The fourth-order valence-corrected chi connectivity index (χ4v) is 2.77. The lowest BCUT2D eigenvalue weighted by atomic mass is 10.0. The molecule has 3 rings (SSSR count). The highest BCUT2D eigenvalue weighted by atomic mass is 19.1. The Balaban J connectivity index is 1.89. The van der Waals surface area contributed by atoms with E-state index in [4.69, 9.17) is 19.0 Å². The zero-order chi connectivity index (χ0) is 17.4. The van der Waals surface area contributed by atoms with E-state index in [0.29, 0.717) is 5.56 Å². The summed E-state index contributed by atoms with van der Waals surface area (Å²) in [5.41, 5.74) is -0.132. The predicted molar refractivity (Wildman–Crippen MR) is 80.2 cm³/mol. The molecule has 1 aromatic heterocycles. The molecule has 0 saturated carbocycles. The van der Waals surface area contributed by atoms with Gasteiger partial charge in [-0.1, -0.05) is 0 Å². The summed E-state index contributed by atoms with van der Waals surface area (Å²) in [7, 11) is 0. The first-order chi connectivity index (χ1) is 11.4. The maximum atomic E-state index is 14.3. The Morgan fingerprint density at radius 1 is 1.33 bits per heavy atom. The van der Waals surface area contributed by atoms with Crippen LogP contribution in [0.25, 0.3) is 11.0 Å². The summed E-state index contributed by atoms with van der Waals surface area (Å²) in [6, 6.07) is 3.66. The van der Waals surface area contributed by atoms with Crippen molar-refractivity contribution in [2.75, 3.05) is 6.61 Å². The Hall–Kier alpha value is -2.00. The molecule has 1 fully saturated rings. The number of aryl methyl sites for hydroxylation is 1. The molecule has 1 aromatic carbocycles. The number of ether oxygens (including phenoxy) is 2. The lowest BCUT2D eigenvalue weighted by molar-refractivity contribution is -0.229. The highest BCUT2D eigenvalue weighted by Crippen LogP contribution is 2.29. The van der Waals surface area contributed by atoms with E-state index in [1.165, 1.54) is 12.1 Å². The molecule has 24 heavy (non-hydrogen) atoms. The summed E-state index contributed by atoms with van der Waals surface area (Å²) >= 11 is 0. The number of halogens is 1. The van der Waals surface area contributed by atoms with Gasteiger partial charge in [-0.05, 0) is 12.5 Å². The number of rotatable bonds is 3. The minimum atomic E-state index is -1.23. The maximum absolute atomic E-state index is 14.3. The Kier molecular flexibility index (Phi) is 4.55. The first-order valence-electron chi connectivity index (χ1n) is 7.42. The Labute approximate surface area is 135 Å². The highest BCUT2D eigenvalue weighted by molar-refractivity contribution is 5.82. The van der Waals surface area contributed by atoms with Crippen LogP contribution in [-0.2, 0) is 4.74 Å². The summed E-state index contributed by atoms with van der Waals surface area (Å²) < 4.78 is 30.0. The van der Waals surface area contributed by atoms with Crippen molar-refractivity contribution in [1.82, 2.24) is 0 Å². The molecule has 0 amide bonds. The van der Waals surface area contributed by atoms with Crippen LogP contribution in [0.5, 0.6) is 5.75 Å². The summed E-state index contributed by atoms with van der Waals surface area (Å²) in [4.78, 5) is 11.4. The summed E-state index contributed by atoms with van der Waals surface area (Å²) in [6.07, 6.45) is -4.44. The molecule has 1 aliphatic rings. The third-order valence-electron chi connectivity index (χ3n) is 3.95. The lowest BCUT2D eigenvalue weighted by Gasteiger charge is -2.36. The monoisotopic (exact) mass is 340 g/mol. The molecule has 0 radical (unpaired) electrons. The number of hydrogen-bond donors (Lipinski definition) is 3. The van der Waals surface area contributed by atoms with Crippen LogP contribution in [0.3, 0.4) is 0 Å². The quantitative estimate of drug-likeness (QED) is 0.696. The van der Waals surface area contributed by atoms with E-state index < -0.39 is 42.7 Å². The molecule has 3 N–H and O–H groups in total. The second kappa shape index (κ2) is 6.48. The molecule has 7 nitrogen and oxygen atoms in total. The number of fused-ring (bicyclic) bond motifs is 1. The van der Waals surface area contributed by atoms with Crippen molar-refractivity contribution in [3.63, 3.8) is 0 Å². The third-order valence-corrected chi connectivity index (χ3v) is 3.95. The molecular weight excluding hydrogens is 323 g/mol. The van der Waals surface area contributed by atoms with Gasteiger partial charge in [0.05, 0.1) is 18.1 Å². The van der Waals surface area contributed by atoms with Crippen molar-refractivity contribution in [3.05, 3.63) is 40.0 Å². The number of benzene rings is 1. The van der Waals surface area contributed by atoms with Crippen LogP contribution < -0.4 is 10.4 Å². The van der Waals surface area contributed by atoms with Gasteiger partial charge >= 0.3 is 5.63 Å². The van der Waals surface area contributed by atoms with Crippen LogP contribution in [-0.4, -0.2) is 46.5 Å². The number of hydrogen-bond acceptors (Lipinski definition) is 7. The van der Waals surface area contributed by atoms with Crippen LogP contribution in [0.15, 0.2) is 27.4 Å². The molecule has 8 heteroatoms. The van der Waals surface area contributed by atoms with Gasteiger partial charge in [-0.3, -0.25) is 0 Å². The smallest absolute Gasteiger partial charge is 0.336 e. The van der Waals surface area contributed by atoms with Crippen molar-refractivity contribution in [2.24, 2.45) is 0 Å². The van der Waals surface area contributed by atoms with Crippen LogP contribution in [0.1, 0.15) is 12.0 Å². The number of aliphatic hydroxyl groups excluding tert-OH is 3. The van der Waals surface area contributed by atoms with Gasteiger partial charge in [0, 0.05) is 24.6 Å². The Morgan fingerprint density at radius 3 is 2.79 bits per heavy atom. The third kappa shape index (κ3) is 3.13. The minimum absolute atomic E-state index is 0.0325. The van der Waals surface area contributed by atoms with Gasteiger partial charge in [0.25, 0.3) is 0 Å². The van der Waals surface area contributed by atoms with E-state index in [2.05, 4.69) is 0 Å². The van der Waals surface area contributed by atoms with Gasteiger partial charge < -0.3 is 29.2 Å². The number of aliphatic hydroxyl groups is 3. The zero-order valence-electron chi connectivity index (χ0n) is 12.8. The fraction of sp³-hybridized carbons (Fsp3) is 0.438. The van der Waals surface area contributed by atoms with Crippen LogP contribution in [0.2, 0.25) is 0 Å². The highest BCUT2D eigenvalue weighted by Gasteiger charge is 2.37. The molecule has 4 atom stereocenters. The Morgan fingerprint density at radius 2 is 2.08 bits per heavy atom. The first-order valence-corrected chi connectivity index (χ1v) is 7.42. The lowest BCUT2D eigenvalue weighted by Crippen LogP contribution is -2.51. The fourth-order valence-electron chi connectivity index (χ4n) is 2.77. The van der Waals surface area contributed by atoms with Gasteiger partial charge in [0.1, 0.15) is 29.4 Å². The van der Waals surface area contributed by atoms with E-state index in [1.807, 2.05) is 0 Å². The van der Waals surface area contributed by atoms with Crippen LogP contribution >= 0.6 is 0 Å². The zero-order valence-corrected chi connectivity index (χ0v) is 12.8. The van der Waals surface area contributed by atoms with Crippen molar-refractivity contribution >= 4 is 11.0 Å². The molecule has 1 saturated heterocycles. The topological polar surface area (TPSA) is 109 Å². The van der Waals surface area contributed by atoms with Gasteiger partial charge in [-0.15, -0.1) is 0 Å². The maximum Gasteiger partial charge on any atom is 0.336 e. The van der Waals surface area contributed by atoms with Gasteiger partial charge in [0.2, 0.25) is 6.29 Å². The van der Waals surface area contributed by atoms with E-state index >= 15 is 0 Å². The Bertz CT molecular complexity index is 803. The molecule has 2 heterocycles. The molecule has 0 aliphatic carbocycles. The van der Waals surface area contributed by atoms with Crippen LogP contribution in [0.4, 0.5) is 4.39 Å². The average molecular weight is 340 g/mol. The summed E-state index contributed by atoms with van der Waals surface area (Å²) in [5, 5.41) is 28.8. The molecule has 0 spiro atoms. The van der Waals surface area contributed by atoms with E-state index in [9.17, 15) is 19.4 Å². The van der Waals surface area contributed by atoms with Crippen molar-refractivity contribution in [1.29, 1.82) is 0 Å². The second-order valence-corrected chi connectivity index (χ2v) is 5.72. The molecular formula is C16H17FO7. The molecule has 0 bridgehead atoms. The largest absolute Gasteiger partial charge is 0.465 e. The molecule has 1 aliphatic heterocycles. The van der Waals surface area contributed by atoms with Crippen molar-refractivity contribution in [2.45, 2.75) is 37.9 Å². The molecule has 2 unspecified atom stereocenters. The van der Waals surface area contributed by atoms with Crippen LogP contribution in [0, 0.1) is 12.7 Å². The average Bonchev–Trinajstić information content (AvgIpc) is 2.49. The molecule has 2 aromatic rings. The minimum Gasteiger partial charge on any atom is -0.465 e. The van der Waals surface area contributed by atoms with Crippen molar-refractivity contribution < 1.29 is 33.6 Å². The van der Waals surface area contributed by atoms with Gasteiger partial charge in [-0.2, -0.15) is 0 Å². The van der Waals surface area contributed by atoms with Crippen molar-refractivity contribution in [3.8, 4) is 5.75 Å².